The topological polar surface area (TPSA) is 52.7 Å². The Kier molecular flexibility index (Phi) is 5.85. The first kappa shape index (κ1) is 14.9. The molecule has 0 aliphatic carbocycles. The van der Waals surface area contributed by atoms with Crippen LogP contribution >= 0.6 is 0 Å². The maximum Gasteiger partial charge on any atom is 0.215 e. The fourth-order valence-electron chi connectivity index (χ4n) is 2.18. The van der Waals surface area contributed by atoms with Crippen molar-refractivity contribution in [2.45, 2.75) is 26.8 Å². The van der Waals surface area contributed by atoms with Crippen LogP contribution in [0.4, 0.5) is 0 Å². The summed E-state index contributed by atoms with van der Waals surface area (Å²) >= 11 is 0. The maximum absolute atomic E-state index is 12.1. The van der Waals surface area contributed by atoms with Crippen LogP contribution in [0.25, 0.3) is 0 Å². The Morgan fingerprint density at radius 3 is 2.35 bits per heavy atom. The molecule has 5 nitrogen and oxygen atoms in total. The van der Waals surface area contributed by atoms with Gasteiger partial charge in [0, 0.05) is 45.3 Å². The van der Waals surface area contributed by atoms with Gasteiger partial charge in [0.15, 0.2) is 0 Å². The van der Waals surface area contributed by atoms with Crippen LogP contribution in [0.15, 0.2) is 0 Å². The smallest absolute Gasteiger partial charge is 0.215 e. The van der Waals surface area contributed by atoms with Crippen molar-refractivity contribution in [2.75, 3.05) is 45.0 Å². The van der Waals surface area contributed by atoms with Gasteiger partial charge in [0.25, 0.3) is 0 Å². The van der Waals surface area contributed by atoms with Crippen LogP contribution in [0.2, 0.25) is 0 Å². The summed E-state index contributed by atoms with van der Waals surface area (Å²) in [6, 6.07) is 0.0491. The van der Waals surface area contributed by atoms with E-state index in [9.17, 15) is 8.42 Å². The number of nitrogens with zero attached hydrogens (tertiary/aromatic N) is 2. The van der Waals surface area contributed by atoms with Gasteiger partial charge in [0.05, 0.1) is 5.75 Å². The highest BCUT2D eigenvalue weighted by Gasteiger charge is 2.24. The van der Waals surface area contributed by atoms with Gasteiger partial charge in [-0.25, -0.2) is 8.42 Å². The molecular weight excluding hydrogens is 238 g/mol. The molecular formula is C11H25N3O2S. The first-order valence-corrected chi connectivity index (χ1v) is 8.01. The van der Waals surface area contributed by atoms with Gasteiger partial charge in [-0.1, -0.05) is 6.92 Å². The minimum atomic E-state index is -3.10. The minimum absolute atomic E-state index is 0.0491. The summed E-state index contributed by atoms with van der Waals surface area (Å²) in [5.41, 5.74) is 0. The molecule has 0 aromatic carbocycles. The Hall–Kier alpha value is -0.170. The summed E-state index contributed by atoms with van der Waals surface area (Å²) in [5, 5.41) is 3.26. The van der Waals surface area contributed by atoms with Crippen molar-refractivity contribution in [1.29, 1.82) is 0 Å². The normalized spacial score (nSPS) is 19.1. The lowest BCUT2D eigenvalue weighted by Crippen LogP contribution is -2.47. The van der Waals surface area contributed by atoms with E-state index in [1.165, 1.54) is 0 Å². The summed E-state index contributed by atoms with van der Waals surface area (Å²) in [6.45, 7) is 10.8. The first-order valence-electron chi connectivity index (χ1n) is 6.40. The van der Waals surface area contributed by atoms with Crippen molar-refractivity contribution in [3.63, 3.8) is 0 Å². The third kappa shape index (κ3) is 4.54. The highest BCUT2D eigenvalue weighted by atomic mass is 32.2. The Balaban J connectivity index is 2.47. The lowest BCUT2D eigenvalue weighted by atomic mass is 10.4. The lowest BCUT2D eigenvalue weighted by molar-refractivity contribution is 0.251. The van der Waals surface area contributed by atoms with E-state index in [4.69, 9.17) is 0 Å². The molecule has 1 heterocycles. The number of hydrogen-bond acceptors (Lipinski definition) is 4. The van der Waals surface area contributed by atoms with Crippen molar-refractivity contribution >= 4 is 10.0 Å². The summed E-state index contributed by atoms with van der Waals surface area (Å²) in [4.78, 5) is 2.21. The number of hydrogen-bond donors (Lipinski definition) is 1. The first-order chi connectivity index (χ1) is 7.97. The molecule has 17 heavy (non-hydrogen) atoms. The second-order valence-corrected chi connectivity index (χ2v) is 6.75. The van der Waals surface area contributed by atoms with E-state index >= 15 is 0 Å². The van der Waals surface area contributed by atoms with Gasteiger partial charge >= 0.3 is 0 Å². The van der Waals surface area contributed by atoms with E-state index in [1.54, 1.807) is 4.31 Å². The second-order valence-electron chi connectivity index (χ2n) is 4.70. The highest BCUT2D eigenvalue weighted by molar-refractivity contribution is 7.89. The van der Waals surface area contributed by atoms with Crippen molar-refractivity contribution in [2.24, 2.45) is 0 Å². The van der Waals surface area contributed by atoms with E-state index < -0.39 is 10.0 Å². The minimum Gasteiger partial charge on any atom is -0.314 e. The summed E-state index contributed by atoms with van der Waals surface area (Å²) in [7, 11) is -3.10. The van der Waals surface area contributed by atoms with Gasteiger partial charge in [-0.05, 0) is 13.8 Å². The SMILES string of the molecule is CCN(C(C)C)S(=O)(=O)CCN1CCNCC1. The lowest BCUT2D eigenvalue weighted by Gasteiger charge is -2.29. The largest absolute Gasteiger partial charge is 0.314 e. The maximum atomic E-state index is 12.1. The number of sulfonamides is 1. The van der Waals surface area contributed by atoms with Crippen LogP contribution in [0.5, 0.6) is 0 Å². The molecule has 1 rings (SSSR count). The van der Waals surface area contributed by atoms with Gasteiger partial charge in [-0.3, -0.25) is 4.90 Å². The van der Waals surface area contributed by atoms with E-state index in [1.807, 2.05) is 20.8 Å². The molecule has 102 valence electrons. The molecule has 1 aliphatic heterocycles. The van der Waals surface area contributed by atoms with Crippen molar-refractivity contribution in [3.8, 4) is 0 Å². The molecule has 0 bridgehead atoms. The fourth-order valence-corrected chi connectivity index (χ4v) is 3.94. The van der Waals surface area contributed by atoms with Gasteiger partial charge in [0.1, 0.15) is 0 Å². The standard InChI is InChI=1S/C11H25N3O2S/c1-4-14(11(2)3)17(15,16)10-9-13-7-5-12-6-8-13/h11-12H,4-10H2,1-3H3. The van der Waals surface area contributed by atoms with Crippen molar-refractivity contribution in [3.05, 3.63) is 0 Å². The predicted octanol–water partition coefficient (Wildman–Crippen LogP) is -0.0483. The Morgan fingerprint density at radius 2 is 1.88 bits per heavy atom. The van der Waals surface area contributed by atoms with Crippen LogP contribution < -0.4 is 5.32 Å². The van der Waals surface area contributed by atoms with Crippen molar-refractivity contribution < 1.29 is 8.42 Å². The molecule has 1 N–H and O–H groups in total. The Bertz CT molecular complexity index is 311. The predicted molar refractivity (Wildman–Crippen MR) is 70.6 cm³/mol. The van der Waals surface area contributed by atoms with Gasteiger partial charge in [0.2, 0.25) is 10.0 Å². The monoisotopic (exact) mass is 263 g/mol. The molecule has 0 atom stereocenters. The highest BCUT2D eigenvalue weighted by Crippen LogP contribution is 2.07. The number of nitrogens with one attached hydrogen (secondary N) is 1. The van der Waals surface area contributed by atoms with Crippen LogP contribution in [-0.4, -0.2) is 68.7 Å². The molecule has 1 fully saturated rings. The second kappa shape index (κ2) is 6.68. The molecule has 1 aliphatic rings. The van der Waals surface area contributed by atoms with E-state index in [0.29, 0.717) is 13.1 Å². The molecule has 1 saturated heterocycles. The van der Waals surface area contributed by atoms with E-state index in [2.05, 4.69) is 10.2 Å². The van der Waals surface area contributed by atoms with E-state index in [0.717, 1.165) is 26.2 Å². The fraction of sp³-hybridized carbons (Fsp3) is 1.00. The quantitative estimate of drug-likeness (QED) is 0.730. The third-order valence-electron chi connectivity index (χ3n) is 3.12. The zero-order valence-electron chi connectivity index (χ0n) is 11.1. The van der Waals surface area contributed by atoms with Crippen molar-refractivity contribution in [1.82, 2.24) is 14.5 Å². The Morgan fingerprint density at radius 1 is 1.29 bits per heavy atom. The summed E-state index contributed by atoms with van der Waals surface area (Å²) < 4.78 is 25.8. The van der Waals surface area contributed by atoms with Gasteiger partial charge in [-0.2, -0.15) is 4.31 Å². The number of rotatable bonds is 6. The third-order valence-corrected chi connectivity index (χ3v) is 5.21. The van der Waals surface area contributed by atoms with Crippen LogP contribution in [0.1, 0.15) is 20.8 Å². The Labute approximate surface area is 105 Å². The molecule has 0 unspecified atom stereocenters. The molecule has 0 saturated carbocycles. The molecule has 0 amide bonds. The summed E-state index contributed by atoms with van der Waals surface area (Å²) in [5.74, 6) is 0.235. The molecule has 0 spiro atoms. The van der Waals surface area contributed by atoms with Crippen LogP contribution in [-0.2, 0) is 10.0 Å². The molecule has 0 aromatic heterocycles. The zero-order valence-corrected chi connectivity index (χ0v) is 12.0. The zero-order chi connectivity index (χ0) is 12.9. The summed E-state index contributed by atoms with van der Waals surface area (Å²) in [6.07, 6.45) is 0. The average molecular weight is 263 g/mol. The van der Waals surface area contributed by atoms with Gasteiger partial charge < -0.3 is 5.32 Å². The molecule has 6 heteroatoms. The average Bonchev–Trinajstić information content (AvgIpc) is 2.28. The van der Waals surface area contributed by atoms with Gasteiger partial charge in [-0.15, -0.1) is 0 Å². The van der Waals surface area contributed by atoms with E-state index in [-0.39, 0.29) is 11.8 Å². The van der Waals surface area contributed by atoms with Crippen LogP contribution in [0, 0.1) is 0 Å². The molecule has 0 aromatic rings. The van der Waals surface area contributed by atoms with Crippen LogP contribution in [0.3, 0.4) is 0 Å². The molecule has 0 radical (unpaired) electrons. The number of piperazine rings is 1.